The summed E-state index contributed by atoms with van der Waals surface area (Å²) in [6.07, 6.45) is 4.31. The van der Waals surface area contributed by atoms with Crippen LogP contribution in [0, 0.1) is 0 Å². The van der Waals surface area contributed by atoms with Crippen molar-refractivity contribution in [2.75, 3.05) is 0 Å². The van der Waals surface area contributed by atoms with E-state index in [-0.39, 0.29) is 5.91 Å². The van der Waals surface area contributed by atoms with E-state index in [4.69, 9.17) is 0 Å². The Morgan fingerprint density at radius 3 is 2.82 bits per heavy atom. The highest BCUT2D eigenvalue weighted by Crippen LogP contribution is 2.04. The van der Waals surface area contributed by atoms with Crippen LogP contribution in [0.25, 0.3) is 0 Å². The number of benzene rings is 1. The van der Waals surface area contributed by atoms with Crippen molar-refractivity contribution in [2.45, 2.75) is 19.5 Å². The maximum Gasteiger partial charge on any atom is 0.268 e. The predicted molar refractivity (Wildman–Crippen MR) is 82.1 cm³/mol. The first-order valence-electron chi connectivity index (χ1n) is 7.15. The van der Waals surface area contributed by atoms with Crippen LogP contribution in [-0.2, 0) is 19.5 Å². The van der Waals surface area contributed by atoms with Gasteiger partial charge in [0.15, 0.2) is 5.82 Å². The molecule has 0 radical (unpaired) electrons. The summed E-state index contributed by atoms with van der Waals surface area (Å²) in [4.78, 5) is 14.8. The lowest BCUT2D eigenvalue weighted by Gasteiger charge is -2.07. The Hall–Kier alpha value is -2.89. The van der Waals surface area contributed by atoms with E-state index in [1.165, 1.54) is 5.56 Å². The lowest BCUT2D eigenvalue weighted by atomic mass is 10.1. The minimum Gasteiger partial charge on any atom is -0.357 e. The smallest absolute Gasteiger partial charge is 0.268 e. The van der Waals surface area contributed by atoms with E-state index in [2.05, 4.69) is 32.6 Å². The number of aromatic amines is 1. The molecular formula is C16H17N5O. The molecule has 2 heterocycles. The molecule has 0 atom stereocenters. The molecule has 1 amide bonds. The molecule has 1 aromatic carbocycles. The fourth-order valence-corrected chi connectivity index (χ4v) is 2.22. The van der Waals surface area contributed by atoms with Gasteiger partial charge in [0.1, 0.15) is 12.0 Å². The molecule has 2 N–H and O–H groups in total. The van der Waals surface area contributed by atoms with E-state index < -0.39 is 0 Å². The largest absolute Gasteiger partial charge is 0.357 e. The van der Waals surface area contributed by atoms with Crippen LogP contribution in [0.5, 0.6) is 0 Å². The van der Waals surface area contributed by atoms with Gasteiger partial charge in [-0.15, -0.1) is 10.2 Å². The van der Waals surface area contributed by atoms with Gasteiger partial charge in [-0.05, 0) is 24.1 Å². The number of hydrogen-bond donors (Lipinski definition) is 2. The fraction of sp³-hybridized carbons (Fsp3) is 0.188. The molecule has 0 spiro atoms. The van der Waals surface area contributed by atoms with Crippen LogP contribution in [0.15, 0.2) is 55.0 Å². The second-order valence-electron chi connectivity index (χ2n) is 4.94. The molecule has 0 unspecified atom stereocenters. The lowest BCUT2D eigenvalue weighted by molar-refractivity contribution is 0.0945. The maximum absolute atomic E-state index is 11.9. The highest BCUT2D eigenvalue weighted by atomic mass is 16.1. The minimum absolute atomic E-state index is 0.150. The summed E-state index contributed by atoms with van der Waals surface area (Å²) >= 11 is 0. The number of aromatic nitrogens is 4. The number of amides is 1. The zero-order valence-corrected chi connectivity index (χ0v) is 12.1. The van der Waals surface area contributed by atoms with Crippen LogP contribution in [0.4, 0.5) is 0 Å². The molecule has 0 bridgehead atoms. The van der Waals surface area contributed by atoms with Gasteiger partial charge in [-0.25, -0.2) is 0 Å². The molecule has 3 aromatic rings. The van der Waals surface area contributed by atoms with Crippen molar-refractivity contribution >= 4 is 5.91 Å². The van der Waals surface area contributed by atoms with E-state index in [1.807, 2.05) is 22.8 Å². The number of H-pyrrole nitrogens is 1. The van der Waals surface area contributed by atoms with Gasteiger partial charge < -0.3 is 14.9 Å². The van der Waals surface area contributed by atoms with Crippen molar-refractivity contribution in [3.63, 3.8) is 0 Å². The first kappa shape index (κ1) is 14.1. The molecule has 0 aliphatic carbocycles. The molecule has 2 aromatic heterocycles. The summed E-state index contributed by atoms with van der Waals surface area (Å²) in [6.45, 7) is 1.14. The Morgan fingerprint density at radius 2 is 2.05 bits per heavy atom. The summed E-state index contributed by atoms with van der Waals surface area (Å²) < 4.78 is 1.96. The van der Waals surface area contributed by atoms with Crippen molar-refractivity contribution in [1.82, 2.24) is 25.1 Å². The predicted octanol–water partition coefficient (Wildman–Crippen LogP) is 1.78. The van der Waals surface area contributed by atoms with E-state index in [1.54, 1.807) is 24.7 Å². The van der Waals surface area contributed by atoms with Gasteiger partial charge in [0.2, 0.25) is 0 Å². The number of carbonyl (C=O) groups is 1. The van der Waals surface area contributed by atoms with Crippen molar-refractivity contribution in [3.8, 4) is 0 Å². The Morgan fingerprint density at radius 1 is 1.18 bits per heavy atom. The normalized spacial score (nSPS) is 10.5. The van der Waals surface area contributed by atoms with E-state index >= 15 is 0 Å². The van der Waals surface area contributed by atoms with E-state index in [9.17, 15) is 4.79 Å². The third-order valence-corrected chi connectivity index (χ3v) is 3.43. The number of hydrogen-bond acceptors (Lipinski definition) is 3. The molecule has 0 fully saturated rings. The summed E-state index contributed by atoms with van der Waals surface area (Å²) in [5, 5.41) is 10.8. The van der Waals surface area contributed by atoms with E-state index in [0.717, 1.165) is 18.8 Å². The molecule has 112 valence electrons. The molecule has 0 saturated heterocycles. The standard InChI is InChI=1S/C16H17N5O/c22-16(14-7-4-9-17-14)18-11-15-20-19-12-21(15)10-8-13-5-2-1-3-6-13/h1-7,9,12,17H,8,10-11H2,(H,18,22). The fourth-order valence-electron chi connectivity index (χ4n) is 2.22. The van der Waals surface area contributed by atoms with Crippen molar-refractivity contribution < 1.29 is 4.79 Å². The van der Waals surface area contributed by atoms with Crippen LogP contribution in [0.2, 0.25) is 0 Å². The average Bonchev–Trinajstić information content (AvgIpc) is 3.23. The minimum atomic E-state index is -0.150. The monoisotopic (exact) mass is 295 g/mol. The zero-order valence-electron chi connectivity index (χ0n) is 12.1. The first-order valence-corrected chi connectivity index (χ1v) is 7.15. The van der Waals surface area contributed by atoms with Gasteiger partial charge in [-0.3, -0.25) is 4.79 Å². The third-order valence-electron chi connectivity index (χ3n) is 3.43. The van der Waals surface area contributed by atoms with Crippen LogP contribution < -0.4 is 5.32 Å². The lowest BCUT2D eigenvalue weighted by Crippen LogP contribution is -2.25. The third kappa shape index (κ3) is 3.41. The second kappa shape index (κ2) is 6.71. The number of nitrogens with one attached hydrogen (secondary N) is 2. The Kier molecular flexibility index (Phi) is 4.29. The molecule has 0 saturated carbocycles. The van der Waals surface area contributed by atoms with Gasteiger partial charge in [0.25, 0.3) is 5.91 Å². The Labute approximate surface area is 128 Å². The Balaban J connectivity index is 1.57. The first-order chi connectivity index (χ1) is 10.8. The molecule has 0 aliphatic heterocycles. The molecular weight excluding hydrogens is 278 g/mol. The highest BCUT2D eigenvalue weighted by Gasteiger charge is 2.09. The van der Waals surface area contributed by atoms with Gasteiger partial charge in [-0.2, -0.15) is 0 Å². The SMILES string of the molecule is O=C(NCc1nncn1CCc1ccccc1)c1ccc[nH]1. The maximum atomic E-state index is 11.9. The number of nitrogens with zero attached hydrogens (tertiary/aromatic N) is 3. The molecule has 6 heteroatoms. The van der Waals surface area contributed by atoms with Gasteiger partial charge >= 0.3 is 0 Å². The van der Waals surface area contributed by atoms with Gasteiger partial charge in [0, 0.05) is 12.7 Å². The summed E-state index contributed by atoms with van der Waals surface area (Å²) in [7, 11) is 0. The molecule has 3 rings (SSSR count). The quantitative estimate of drug-likeness (QED) is 0.728. The van der Waals surface area contributed by atoms with Crippen LogP contribution in [-0.4, -0.2) is 25.7 Å². The summed E-state index contributed by atoms with van der Waals surface area (Å²) in [6, 6.07) is 13.8. The van der Waals surface area contributed by atoms with Crippen molar-refractivity contribution in [1.29, 1.82) is 0 Å². The van der Waals surface area contributed by atoms with Crippen LogP contribution in [0.3, 0.4) is 0 Å². The molecule has 0 aliphatic rings. The second-order valence-corrected chi connectivity index (χ2v) is 4.94. The topological polar surface area (TPSA) is 75.6 Å². The van der Waals surface area contributed by atoms with Gasteiger partial charge in [0.05, 0.1) is 6.54 Å². The molecule has 22 heavy (non-hydrogen) atoms. The summed E-state index contributed by atoms with van der Waals surface area (Å²) in [5.41, 5.74) is 1.80. The van der Waals surface area contributed by atoms with Gasteiger partial charge in [-0.1, -0.05) is 30.3 Å². The average molecular weight is 295 g/mol. The van der Waals surface area contributed by atoms with Crippen LogP contribution >= 0.6 is 0 Å². The zero-order chi connectivity index (χ0) is 15.2. The Bertz CT molecular complexity index is 718. The number of carbonyl (C=O) groups excluding carboxylic acids is 1. The van der Waals surface area contributed by atoms with Crippen molar-refractivity contribution in [3.05, 3.63) is 72.1 Å². The van der Waals surface area contributed by atoms with E-state index in [0.29, 0.717) is 12.2 Å². The highest BCUT2D eigenvalue weighted by molar-refractivity contribution is 5.92. The summed E-state index contributed by atoms with van der Waals surface area (Å²) in [5.74, 6) is 0.596. The van der Waals surface area contributed by atoms with Crippen molar-refractivity contribution in [2.24, 2.45) is 0 Å². The molecule has 6 nitrogen and oxygen atoms in total. The number of aryl methyl sites for hydroxylation is 2. The number of rotatable bonds is 6. The van der Waals surface area contributed by atoms with Crippen LogP contribution in [0.1, 0.15) is 21.9 Å².